The fourth-order valence-electron chi connectivity index (χ4n) is 1.01. The van der Waals surface area contributed by atoms with Crippen molar-refractivity contribution in [1.82, 2.24) is 9.97 Å². The predicted octanol–water partition coefficient (Wildman–Crippen LogP) is -0.780. The van der Waals surface area contributed by atoms with Gasteiger partial charge in [0, 0.05) is 0 Å². The fourth-order valence-corrected chi connectivity index (χ4v) is 1.01. The van der Waals surface area contributed by atoms with Gasteiger partial charge >= 0.3 is 0 Å². The van der Waals surface area contributed by atoms with Crippen LogP contribution in [-0.4, -0.2) is 9.97 Å². The summed E-state index contributed by atoms with van der Waals surface area (Å²) in [6, 6.07) is 0. The van der Waals surface area contributed by atoms with Crippen LogP contribution >= 0.6 is 0 Å². The predicted molar refractivity (Wildman–Crippen MR) is 56.4 cm³/mol. The Morgan fingerprint density at radius 3 is 2.14 bits per heavy atom. The molecule has 0 aliphatic carbocycles. The molecule has 1 aromatic heterocycles. The largest absolute Gasteiger partial charge is 0.316 e. The summed E-state index contributed by atoms with van der Waals surface area (Å²) in [5.41, 5.74) is -0.585. The van der Waals surface area contributed by atoms with Gasteiger partial charge in [-0.05, 0) is 19.9 Å². The summed E-state index contributed by atoms with van der Waals surface area (Å²) in [4.78, 5) is 27.6. The van der Waals surface area contributed by atoms with Gasteiger partial charge < -0.3 is 9.97 Å². The molecule has 2 N–H and O–H groups in total. The van der Waals surface area contributed by atoms with Gasteiger partial charge in [0.2, 0.25) is 0 Å². The first-order valence-corrected chi connectivity index (χ1v) is 4.31. The second kappa shape index (κ2) is 4.41. The zero-order valence-electron chi connectivity index (χ0n) is 8.13. The van der Waals surface area contributed by atoms with Gasteiger partial charge in [0.25, 0.3) is 11.1 Å². The quantitative estimate of drug-likeness (QED) is 0.613. The molecule has 0 spiro atoms. The maximum Gasteiger partial charge on any atom is 0.272 e. The van der Waals surface area contributed by atoms with E-state index in [0.717, 1.165) is 0 Å². The Bertz CT molecular complexity index is 561. The smallest absolute Gasteiger partial charge is 0.272 e. The molecule has 0 saturated carbocycles. The van der Waals surface area contributed by atoms with Crippen LogP contribution in [-0.2, 0) is 0 Å². The lowest BCUT2D eigenvalue weighted by atomic mass is 10.4. The van der Waals surface area contributed by atoms with Gasteiger partial charge in [0.05, 0.1) is 0 Å². The molecule has 1 rings (SSSR count). The molecule has 0 unspecified atom stereocenters. The highest BCUT2D eigenvalue weighted by atomic mass is 16.1. The summed E-state index contributed by atoms with van der Waals surface area (Å²) in [6.45, 7) is 3.52. The lowest BCUT2D eigenvalue weighted by Crippen LogP contribution is -2.46. The first-order valence-electron chi connectivity index (χ1n) is 4.31. The van der Waals surface area contributed by atoms with Gasteiger partial charge in [0.15, 0.2) is 0 Å². The summed E-state index contributed by atoms with van der Waals surface area (Å²) >= 11 is 0. The highest BCUT2D eigenvalue weighted by Gasteiger charge is 1.91. The van der Waals surface area contributed by atoms with Crippen LogP contribution in [0.15, 0.2) is 21.7 Å². The second-order valence-electron chi connectivity index (χ2n) is 2.72. The Morgan fingerprint density at radius 1 is 1.00 bits per heavy atom. The van der Waals surface area contributed by atoms with Gasteiger partial charge in [-0.25, -0.2) is 0 Å². The molecule has 1 heterocycles. The Balaban J connectivity index is 3.62. The van der Waals surface area contributed by atoms with E-state index in [1.165, 1.54) is 0 Å². The molecule has 74 valence electrons. The van der Waals surface area contributed by atoms with E-state index < -0.39 is 0 Å². The van der Waals surface area contributed by atoms with E-state index in [9.17, 15) is 9.59 Å². The molecule has 0 amide bonds. The summed E-state index contributed by atoms with van der Waals surface area (Å²) in [7, 11) is 0. The maximum atomic E-state index is 11.3. The van der Waals surface area contributed by atoms with Crippen LogP contribution in [0, 0.1) is 0 Å². The van der Waals surface area contributed by atoms with Crippen molar-refractivity contribution < 1.29 is 0 Å². The summed E-state index contributed by atoms with van der Waals surface area (Å²) < 4.78 is 0. The molecule has 0 aliphatic heterocycles. The molecular weight excluding hydrogens is 180 g/mol. The highest BCUT2D eigenvalue weighted by Crippen LogP contribution is 1.67. The third-order valence-corrected chi connectivity index (χ3v) is 1.73. The standard InChI is InChI=1S/C10H12N2O2/c1-3-5-6-8-10(14)11-7(4-2)9(13)12-8/h3-6H,1-2H3,(H,11,14)(H,12,13). The van der Waals surface area contributed by atoms with Crippen LogP contribution in [0.3, 0.4) is 0 Å². The van der Waals surface area contributed by atoms with Crippen LogP contribution in [0.4, 0.5) is 0 Å². The molecular formula is C10H12N2O2. The number of allylic oxidation sites excluding steroid dienone is 2. The molecule has 14 heavy (non-hydrogen) atoms. The maximum absolute atomic E-state index is 11.3. The molecule has 0 aliphatic rings. The molecule has 0 aromatic carbocycles. The average molecular weight is 192 g/mol. The molecule has 0 saturated heterocycles. The third-order valence-electron chi connectivity index (χ3n) is 1.73. The number of H-pyrrole nitrogens is 2. The van der Waals surface area contributed by atoms with Gasteiger partial charge in [-0.15, -0.1) is 0 Å². The minimum atomic E-state index is -0.296. The lowest BCUT2D eigenvalue weighted by molar-refractivity contribution is 1.00. The van der Waals surface area contributed by atoms with Crippen molar-refractivity contribution in [1.29, 1.82) is 0 Å². The highest BCUT2D eigenvalue weighted by molar-refractivity contribution is 5.32. The number of aromatic nitrogens is 2. The van der Waals surface area contributed by atoms with E-state index >= 15 is 0 Å². The second-order valence-corrected chi connectivity index (χ2v) is 2.72. The number of rotatable bonds is 1. The molecule has 0 bridgehead atoms. The lowest BCUT2D eigenvalue weighted by Gasteiger charge is -1.86. The van der Waals surface area contributed by atoms with E-state index in [1.54, 1.807) is 31.2 Å². The fraction of sp³-hybridized carbons (Fsp3) is 0.200. The molecule has 0 radical (unpaired) electrons. The van der Waals surface area contributed by atoms with Crippen LogP contribution in [0.5, 0.6) is 0 Å². The molecule has 4 nitrogen and oxygen atoms in total. The van der Waals surface area contributed by atoms with Gasteiger partial charge in [0.1, 0.15) is 10.7 Å². The normalized spacial score (nSPS) is 14.1. The number of hydrogen-bond donors (Lipinski definition) is 2. The Hall–Kier alpha value is -1.84. The molecule has 1 aromatic rings. The first kappa shape index (κ1) is 10.2. The monoisotopic (exact) mass is 192 g/mol. The Morgan fingerprint density at radius 2 is 1.57 bits per heavy atom. The van der Waals surface area contributed by atoms with E-state index in [2.05, 4.69) is 9.97 Å². The Kier molecular flexibility index (Phi) is 3.23. The minimum absolute atomic E-state index is 0.263. The van der Waals surface area contributed by atoms with Gasteiger partial charge in [-0.1, -0.05) is 18.2 Å². The van der Waals surface area contributed by atoms with Crippen molar-refractivity contribution >= 4 is 12.2 Å². The SMILES string of the molecule is CC=CC=c1[nH]c(=O)c(=CC)[nH]c1=O. The van der Waals surface area contributed by atoms with Gasteiger partial charge in [-0.3, -0.25) is 9.59 Å². The summed E-state index contributed by atoms with van der Waals surface area (Å²) in [6.07, 6.45) is 6.58. The van der Waals surface area contributed by atoms with E-state index in [4.69, 9.17) is 0 Å². The van der Waals surface area contributed by atoms with E-state index in [1.807, 2.05) is 6.92 Å². The number of aromatic amines is 2. The summed E-state index contributed by atoms with van der Waals surface area (Å²) in [5, 5.41) is 0.548. The number of nitrogens with one attached hydrogen (secondary N) is 2. The third kappa shape index (κ3) is 2.10. The van der Waals surface area contributed by atoms with Crippen LogP contribution in [0.1, 0.15) is 13.8 Å². The molecule has 0 fully saturated rings. The van der Waals surface area contributed by atoms with Crippen molar-refractivity contribution in [3.63, 3.8) is 0 Å². The van der Waals surface area contributed by atoms with Crippen molar-refractivity contribution in [3.8, 4) is 0 Å². The topological polar surface area (TPSA) is 65.7 Å². The summed E-state index contributed by atoms with van der Waals surface area (Å²) in [5.74, 6) is 0. The van der Waals surface area contributed by atoms with Crippen LogP contribution in [0.2, 0.25) is 0 Å². The van der Waals surface area contributed by atoms with E-state index in [0.29, 0.717) is 0 Å². The zero-order valence-corrected chi connectivity index (χ0v) is 8.13. The van der Waals surface area contributed by atoms with Crippen molar-refractivity contribution in [2.24, 2.45) is 0 Å². The molecule has 0 atom stereocenters. The van der Waals surface area contributed by atoms with E-state index in [-0.39, 0.29) is 21.8 Å². The first-order chi connectivity index (χ1) is 6.69. The minimum Gasteiger partial charge on any atom is -0.316 e. The van der Waals surface area contributed by atoms with Gasteiger partial charge in [-0.2, -0.15) is 0 Å². The molecule has 4 heteroatoms. The average Bonchev–Trinajstić information content (AvgIpc) is 2.18. The Labute approximate surface area is 80.3 Å². The van der Waals surface area contributed by atoms with Crippen molar-refractivity contribution in [3.05, 3.63) is 43.6 Å². The van der Waals surface area contributed by atoms with Crippen LogP contribution in [0.25, 0.3) is 12.2 Å². The van der Waals surface area contributed by atoms with Crippen molar-refractivity contribution in [2.75, 3.05) is 0 Å². The van der Waals surface area contributed by atoms with Crippen molar-refractivity contribution in [2.45, 2.75) is 13.8 Å². The zero-order chi connectivity index (χ0) is 10.6. The number of hydrogen-bond acceptors (Lipinski definition) is 2. The van der Waals surface area contributed by atoms with Crippen LogP contribution < -0.4 is 21.8 Å².